The minimum absolute atomic E-state index is 0.144. The van der Waals surface area contributed by atoms with E-state index in [4.69, 9.17) is 0 Å². The maximum atomic E-state index is 12.8. The van der Waals surface area contributed by atoms with Crippen molar-refractivity contribution in [3.8, 4) is 11.1 Å². The van der Waals surface area contributed by atoms with Crippen molar-refractivity contribution in [2.75, 3.05) is 10.6 Å². The summed E-state index contributed by atoms with van der Waals surface area (Å²) in [5, 5.41) is 7.96. The molecule has 0 aliphatic carbocycles. The van der Waals surface area contributed by atoms with Gasteiger partial charge in [-0.15, -0.1) is 0 Å². The third-order valence-electron chi connectivity index (χ3n) is 6.38. The smallest absolute Gasteiger partial charge is 0.272 e. The molecule has 0 radical (unpaired) electrons. The van der Waals surface area contributed by atoms with Gasteiger partial charge in [-0.2, -0.15) is 0 Å². The van der Waals surface area contributed by atoms with Crippen LogP contribution in [0.2, 0.25) is 0 Å². The third-order valence-corrected chi connectivity index (χ3v) is 6.38. The number of anilines is 2. The van der Waals surface area contributed by atoms with E-state index in [-0.39, 0.29) is 11.8 Å². The van der Waals surface area contributed by atoms with Gasteiger partial charge in [0.05, 0.1) is 0 Å². The van der Waals surface area contributed by atoms with Gasteiger partial charge in [-0.05, 0) is 66.2 Å². The number of aromatic nitrogens is 3. The van der Waals surface area contributed by atoms with E-state index in [1.807, 2.05) is 90.7 Å². The van der Waals surface area contributed by atoms with Crippen molar-refractivity contribution >= 4 is 45.0 Å². The second-order valence-corrected chi connectivity index (χ2v) is 8.73. The highest BCUT2D eigenvalue weighted by molar-refractivity contribution is 6.07. The van der Waals surface area contributed by atoms with Crippen LogP contribution >= 0.6 is 0 Å². The Morgan fingerprint density at radius 2 is 1.61 bits per heavy atom. The van der Waals surface area contributed by atoms with Crippen LogP contribution in [-0.4, -0.2) is 26.3 Å². The van der Waals surface area contributed by atoms with Crippen molar-refractivity contribution in [3.63, 3.8) is 0 Å². The Bertz CT molecular complexity index is 1720. The Labute approximate surface area is 206 Å². The number of amides is 2. The standard InChI is InChI=1S/C29H23N5O2/c1-34-14-12-19-15-20(6-11-27(19)34)28(35)32-21-7-4-18(5-8-21)24-17-31-26-16-22(9-10-23(24)26)33-29(36)25-3-2-13-30-25/h2-17,30-31H,1H3,(H,32,35)(H,33,36). The number of H-pyrrole nitrogens is 2. The molecule has 6 aromatic rings. The van der Waals surface area contributed by atoms with Crippen molar-refractivity contribution in [1.29, 1.82) is 0 Å². The lowest BCUT2D eigenvalue weighted by molar-refractivity contribution is 0.101. The highest BCUT2D eigenvalue weighted by Gasteiger charge is 2.12. The minimum Gasteiger partial charge on any atom is -0.360 e. The summed E-state index contributed by atoms with van der Waals surface area (Å²) in [7, 11) is 1.99. The number of aryl methyl sites for hydroxylation is 1. The van der Waals surface area contributed by atoms with Crippen LogP contribution in [0.4, 0.5) is 11.4 Å². The zero-order valence-electron chi connectivity index (χ0n) is 19.5. The van der Waals surface area contributed by atoms with Crippen molar-refractivity contribution < 1.29 is 9.59 Å². The molecule has 0 atom stereocenters. The van der Waals surface area contributed by atoms with Crippen LogP contribution in [-0.2, 0) is 7.05 Å². The summed E-state index contributed by atoms with van der Waals surface area (Å²) in [6.07, 6.45) is 5.65. The molecule has 2 amide bonds. The molecule has 0 fully saturated rings. The highest BCUT2D eigenvalue weighted by Crippen LogP contribution is 2.31. The van der Waals surface area contributed by atoms with Crippen LogP contribution in [0.3, 0.4) is 0 Å². The molecule has 0 saturated carbocycles. The number of nitrogens with zero attached hydrogens (tertiary/aromatic N) is 1. The van der Waals surface area contributed by atoms with E-state index in [0.717, 1.165) is 38.6 Å². The maximum Gasteiger partial charge on any atom is 0.272 e. The molecule has 3 aromatic carbocycles. The van der Waals surface area contributed by atoms with Gasteiger partial charge >= 0.3 is 0 Å². The number of benzene rings is 3. The van der Waals surface area contributed by atoms with Gasteiger partial charge < -0.3 is 25.2 Å². The first-order chi connectivity index (χ1) is 17.5. The highest BCUT2D eigenvalue weighted by atomic mass is 16.2. The van der Waals surface area contributed by atoms with Crippen LogP contribution in [0.15, 0.2) is 97.5 Å². The molecule has 0 saturated heterocycles. The van der Waals surface area contributed by atoms with Gasteiger partial charge in [0, 0.05) is 69.9 Å². The van der Waals surface area contributed by atoms with Gasteiger partial charge in [0.15, 0.2) is 0 Å². The van der Waals surface area contributed by atoms with Crippen LogP contribution < -0.4 is 10.6 Å². The normalized spacial score (nSPS) is 11.1. The molecule has 0 unspecified atom stereocenters. The molecule has 7 heteroatoms. The lowest BCUT2D eigenvalue weighted by atomic mass is 10.0. The van der Waals surface area contributed by atoms with E-state index in [2.05, 4.69) is 20.6 Å². The Kier molecular flexibility index (Phi) is 5.15. The zero-order valence-corrected chi connectivity index (χ0v) is 19.5. The largest absolute Gasteiger partial charge is 0.360 e. The van der Waals surface area contributed by atoms with E-state index in [0.29, 0.717) is 16.9 Å². The summed E-state index contributed by atoms with van der Waals surface area (Å²) >= 11 is 0. The molecule has 176 valence electrons. The molecule has 0 aliphatic rings. The molecular weight excluding hydrogens is 450 g/mol. The van der Waals surface area contributed by atoms with Crippen LogP contribution in [0, 0.1) is 0 Å². The molecule has 0 aliphatic heterocycles. The second-order valence-electron chi connectivity index (χ2n) is 8.73. The first-order valence-electron chi connectivity index (χ1n) is 11.6. The van der Waals surface area contributed by atoms with E-state index in [1.54, 1.807) is 18.3 Å². The summed E-state index contributed by atoms with van der Waals surface area (Å²) in [5.41, 5.74) is 6.64. The van der Waals surface area contributed by atoms with Gasteiger partial charge in [-0.3, -0.25) is 9.59 Å². The Hall–Kier alpha value is -5.04. The average molecular weight is 474 g/mol. The number of aromatic amines is 2. The fourth-order valence-corrected chi connectivity index (χ4v) is 4.47. The number of rotatable bonds is 5. The predicted octanol–water partition coefficient (Wildman–Crippen LogP) is 6.16. The van der Waals surface area contributed by atoms with E-state index in [1.165, 1.54) is 0 Å². The number of hydrogen-bond acceptors (Lipinski definition) is 2. The van der Waals surface area contributed by atoms with Crippen molar-refractivity contribution in [2.24, 2.45) is 7.05 Å². The van der Waals surface area contributed by atoms with Gasteiger partial charge in [0.2, 0.25) is 0 Å². The van der Waals surface area contributed by atoms with Crippen LogP contribution in [0.25, 0.3) is 32.9 Å². The SMILES string of the molecule is Cn1ccc2cc(C(=O)Nc3ccc(-c4c[nH]c5cc(NC(=O)c6ccc[nH]6)ccc45)cc3)ccc21. The van der Waals surface area contributed by atoms with E-state index >= 15 is 0 Å². The molecule has 7 nitrogen and oxygen atoms in total. The minimum atomic E-state index is -0.188. The third kappa shape index (κ3) is 3.92. The Morgan fingerprint density at radius 3 is 2.42 bits per heavy atom. The van der Waals surface area contributed by atoms with Gasteiger partial charge in [-0.1, -0.05) is 18.2 Å². The number of fused-ring (bicyclic) bond motifs is 2. The van der Waals surface area contributed by atoms with Crippen LogP contribution in [0.1, 0.15) is 20.8 Å². The summed E-state index contributed by atoms with van der Waals surface area (Å²) in [4.78, 5) is 31.3. The summed E-state index contributed by atoms with van der Waals surface area (Å²) in [6, 6.07) is 24.8. The summed E-state index contributed by atoms with van der Waals surface area (Å²) in [5.74, 6) is -0.332. The zero-order chi connectivity index (χ0) is 24.6. The number of hydrogen-bond donors (Lipinski definition) is 4. The van der Waals surface area contributed by atoms with Crippen molar-refractivity contribution in [3.05, 3.63) is 109 Å². The quantitative estimate of drug-likeness (QED) is 0.241. The maximum absolute atomic E-state index is 12.8. The average Bonchev–Trinajstić information content (AvgIpc) is 3.65. The van der Waals surface area contributed by atoms with E-state index in [9.17, 15) is 9.59 Å². The Morgan fingerprint density at radius 1 is 0.806 bits per heavy atom. The molecular formula is C29H23N5O2. The predicted molar refractivity (Wildman–Crippen MR) is 143 cm³/mol. The summed E-state index contributed by atoms with van der Waals surface area (Å²) in [6.45, 7) is 0. The Balaban J connectivity index is 1.18. The molecule has 3 heterocycles. The fraction of sp³-hybridized carbons (Fsp3) is 0.0345. The van der Waals surface area contributed by atoms with Gasteiger partial charge in [-0.25, -0.2) is 0 Å². The van der Waals surface area contributed by atoms with Gasteiger partial charge in [0.25, 0.3) is 11.8 Å². The molecule has 3 aromatic heterocycles. The molecule has 36 heavy (non-hydrogen) atoms. The lowest BCUT2D eigenvalue weighted by Crippen LogP contribution is -2.11. The molecule has 0 spiro atoms. The summed E-state index contributed by atoms with van der Waals surface area (Å²) < 4.78 is 2.03. The van der Waals surface area contributed by atoms with Crippen LogP contribution in [0.5, 0.6) is 0 Å². The topological polar surface area (TPSA) is 94.7 Å². The number of carbonyl (C=O) groups excluding carboxylic acids is 2. The first kappa shape index (κ1) is 21.5. The second kappa shape index (κ2) is 8.63. The lowest BCUT2D eigenvalue weighted by Gasteiger charge is -2.08. The number of carbonyl (C=O) groups is 2. The molecule has 6 rings (SSSR count). The van der Waals surface area contributed by atoms with E-state index < -0.39 is 0 Å². The van der Waals surface area contributed by atoms with Crippen molar-refractivity contribution in [1.82, 2.24) is 14.5 Å². The molecule has 0 bridgehead atoms. The van der Waals surface area contributed by atoms with Gasteiger partial charge in [0.1, 0.15) is 5.69 Å². The molecule has 4 N–H and O–H groups in total. The first-order valence-corrected chi connectivity index (χ1v) is 11.6. The number of nitrogens with one attached hydrogen (secondary N) is 4. The van der Waals surface area contributed by atoms with Crippen molar-refractivity contribution in [2.45, 2.75) is 0 Å². The monoisotopic (exact) mass is 473 g/mol. The fourth-order valence-electron chi connectivity index (χ4n) is 4.47.